The fourth-order valence-electron chi connectivity index (χ4n) is 1.04. The van der Waals surface area contributed by atoms with E-state index in [2.05, 4.69) is 5.32 Å². The Bertz CT molecular complexity index is 389. The number of likely N-dealkylation sites (N-methyl/N-ethyl adjacent to an activating group) is 1. The van der Waals surface area contributed by atoms with E-state index >= 15 is 0 Å². The lowest BCUT2D eigenvalue weighted by Gasteiger charge is -2.04. The SMILES string of the molecule is CNC(=O)COC(=O)CSc1ccc(C)cc1. The molecular weight excluding hydrogens is 238 g/mol. The zero-order valence-corrected chi connectivity index (χ0v) is 10.7. The lowest BCUT2D eigenvalue weighted by Crippen LogP contribution is -2.25. The Labute approximate surface area is 105 Å². The van der Waals surface area contributed by atoms with Crippen LogP contribution in [0.25, 0.3) is 0 Å². The first-order chi connectivity index (χ1) is 8.11. The molecule has 0 radical (unpaired) electrons. The highest BCUT2D eigenvalue weighted by atomic mass is 32.2. The first-order valence-corrected chi connectivity index (χ1v) is 6.16. The molecule has 92 valence electrons. The van der Waals surface area contributed by atoms with Crippen molar-refractivity contribution >= 4 is 23.6 Å². The third-order valence-electron chi connectivity index (χ3n) is 2.02. The number of carbonyl (C=O) groups excluding carboxylic acids is 2. The van der Waals surface area contributed by atoms with Gasteiger partial charge in [0.2, 0.25) is 0 Å². The molecular formula is C12H15NO3S. The van der Waals surface area contributed by atoms with Crippen LogP contribution >= 0.6 is 11.8 Å². The van der Waals surface area contributed by atoms with E-state index < -0.39 is 0 Å². The van der Waals surface area contributed by atoms with E-state index in [0.29, 0.717) is 0 Å². The summed E-state index contributed by atoms with van der Waals surface area (Å²) < 4.78 is 4.77. The Hall–Kier alpha value is -1.49. The summed E-state index contributed by atoms with van der Waals surface area (Å²) in [5.74, 6) is -0.488. The van der Waals surface area contributed by atoms with Crippen molar-refractivity contribution in [1.29, 1.82) is 0 Å². The van der Waals surface area contributed by atoms with Gasteiger partial charge in [0.1, 0.15) is 0 Å². The van der Waals surface area contributed by atoms with Crippen LogP contribution < -0.4 is 5.32 Å². The van der Waals surface area contributed by atoms with E-state index in [1.165, 1.54) is 24.4 Å². The Morgan fingerprint density at radius 1 is 1.29 bits per heavy atom. The number of aryl methyl sites for hydroxylation is 1. The standard InChI is InChI=1S/C12H15NO3S/c1-9-3-5-10(6-4-9)17-8-12(15)16-7-11(14)13-2/h3-6H,7-8H2,1-2H3,(H,13,14). The number of carbonyl (C=O) groups is 2. The molecule has 1 N–H and O–H groups in total. The Morgan fingerprint density at radius 3 is 2.53 bits per heavy atom. The molecule has 1 aromatic carbocycles. The molecule has 0 saturated heterocycles. The fraction of sp³-hybridized carbons (Fsp3) is 0.333. The number of ether oxygens (including phenoxy) is 1. The van der Waals surface area contributed by atoms with Crippen molar-refractivity contribution in [3.8, 4) is 0 Å². The van der Waals surface area contributed by atoms with Crippen LogP contribution in [0, 0.1) is 6.92 Å². The molecule has 17 heavy (non-hydrogen) atoms. The quantitative estimate of drug-likeness (QED) is 0.636. The van der Waals surface area contributed by atoms with E-state index in [4.69, 9.17) is 4.74 Å². The van der Waals surface area contributed by atoms with Crippen LogP contribution in [0.15, 0.2) is 29.2 Å². The number of amides is 1. The second kappa shape index (κ2) is 6.96. The molecule has 0 saturated carbocycles. The summed E-state index contributed by atoms with van der Waals surface area (Å²) >= 11 is 1.39. The summed E-state index contributed by atoms with van der Waals surface area (Å²) in [5, 5.41) is 2.38. The number of nitrogens with one attached hydrogen (secondary N) is 1. The average Bonchev–Trinajstić information content (AvgIpc) is 2.35. The van der Waals surface area contributed by atoms with Gasteiger partial charge in [-0.05, 0) is 19.1 Å². The molecule has 0 aliphatic carbocycles. The average molecular weight is 253 g/mol. The van der Waals surface area contributed by atoms with Gasteiger partial charge in [-0.15, -0.1) is 11.8 Å². The maximum atomic E-state index is 11.3. The van der Waals surface area contributed by atoms with Crippen LogP contribution in [0.3, 0.4) is 0 Å². The number of thioether (sulfide) groups is 1. The number of benzene rings is 1. The van der Waals surface area contributed by atoms with Crippen molar-refractivity contribution in [3.05, 3.63) is 29.8 Å². The van der Waals surface area contributed by atoms with Gasteiger partial charge in [-0.25, -0.2) is 0 Å². The third-order valence-corrected chi connectivity index (χ3v) is 3.01. The van der Waals surface area contributed by atoms with Gasteiger partial charge in [-0.1, -0.05) is 17.7 Å². The fourth-order valence-corrected chi connectivity index (χ4v) is 1.73. The predicted octanol–water partition coefficient (Wildman–Crippen LogP) is 1.38. The van der Waals surface area contributed by atoms with Crippen molar-refractivity contribution in [2.75, 3.05) is 19.4 Å². The van der Waals surface area contributed by atoms with Crippen LogP contribution in [0.4, 0.5) is 0 Å². The number of esters is 1. The minimum atomic E-state index is -0.390. The number of rotatable bonds is 5. The molecule has 1 rings (SSSR count). The number of hydrogen-bond donors (Lipinski definition) is 1. The summed E-state index contributed by atoms with van der Waals surface area (Å²) in [7, 11) is 1.50. The minimum absolute atomic E-state index is 0.208. The highest BCUT2D eigenvalue weighted by molar-refractivity contribution is 8.00. The Balaban J connectivity index is 2.28. The lowest BCUT2D eigenvalue weighted by atomic mass is 10.2. The van der Waals surface area contributed by atoms with Crippen molar-refractivity contribution in [2.24, 2.45) is 0 Å². The summed E-state index contributed by atoms with van der Waals surface area (Å²) in [4.78, 5) is 23.1. The molecule has 0 spiro atoms. The molecule has 0 heterocycles. The van der Waals surface area contributed by atoms with Gasteiger partial charge < -0.3 is 10.1 Å². The zero-order valence-electron chi connectivity index (χ0n) is 9.86. The van der Waals surface area contributed by atoms with Gasteiger partial charge in [0, 0.05) is 11.9 Å². The van der Waals surface area contributed by atoms with Gasteiger partial charge in [0.25, 0.3) is 5.91 Å². The van der Waals surface area contributed by atoms with Gasteiger partial charge in [0.15, 0.2) is 6.61 Å². The zero-order chi connectivity index (χ0) is 12.7. The molecule has 5 heteroatoms. The molecule has 0 aliphatic heterocycles. The Kier molecular flexibility index (Phi) is 5.56. The van der Waals surface area contributed by atoms with Crippen molar-refractivity contribution in [1.82, 2.24) is 5.32 Å². The van der Waals surface area contributed by atoms with Crippen molar-refractivity contribution < 1.29 is 14.3 Å². The maximum Gasteiger partial charge on any atom is 0.316 e. The predicted molar refractivity (Wildman–Crippen MR) is 66.9 cm³/mol. The van der Waals surface area contributed by atoms with Crippen LogP contribution in [0.5, 0.6) is 0 Å². The van der Waals surface area contributed by atoms with Crippen molar-refractivity contribution in [2.45, 2.75) is 11.8 Å². The molecule has 0 atom stereocenters. The normalized spacial score (nSPS) is 9.76. The van der Waals surface area contributed by atoms with E-state index in [0.717, 1.165) is 4.90 Å². The molecule has 0 unspecified atom stereocenters. The summed E-state index contributed by atoms with van der Waals surface area (Å²) in [6.07, 6.45) is 0. The summed E-state index contributed by atoms with van der Waals surface area (Å²) in [5.41, 5.74) is 1.18. The van der Waals surface area contributed by atoms with Gasteiger partial charge in [-0.3, -0.25) is 9.59 Å². The van der Waals surface area contributed by atoms with Gasteiger partial charge in [0.05, 0.1) is 5.75 Å². The molecule has 4 nitrogen and oxygen atoms in total. The highest BCUT2D eigenvalue weighted by Crippen LogP contribution is 2.18. The van der Waals surface area contributed by atoms with Gasteiger partial charge >= 0.3 is 5.97 Å². The van der Waals surface area contributed by atoms with Gasteiger partial charge in [-0.2, -0.15) is 0 Å². The summed E-state index contributed by atoms with van der Waals surface area (Å²) in [6.45, 7) is 1.79. The first-order valence-electron chi connectivity index (χ1n) is 5.17. The second-order valence-electron chi connectivity index (χ2n) is 3.44. The van der Waals surface area contributed by atoms with E-state index in [9.17, 15) is 9.59 Å². The molecule has 0 aliphatic rings. The smallest absolute Gasteiger partial charge is 0.316 e. The monoisotopic (exact) mass is 253 g/mol. The molecule has 1 amide bonds. The van der Waals surface area contributed by atoms with Crippen LogP contribution in [-0.4, -0.2) is 31.3 Å². The van der Waals surface area contributed by atoms with E-state index in [-0.39, 0.29) is 24.2 Å². The molecule has 0 aromatic heterocycles. The Morgan fingerprint density at radius 2 is 1.94 bits per heavy atom. The number of hydrogen-bond acceptors (Lipinski definition) is 4. The van der Waals surface area contributed by atoms with E-state index in [1.54, 1.807) is 0 Å². The van der Waals surface area contributed by atoms with Crippen LogP contribution in [-0.2, 0) is 14.3 Å². The molecule has 0 bridgehead atoms. The van der Waals surface area contributed by atoms with E-state index in [1.807, 2.05) is 31.2 Å². The van der Waals surface area contributed by atoms with Crippen LogP contribution in [0.2, 0.25) is 0 Å². The molecule has 0 fully saturated rings. The summed E-state index contributed by atoms with van der Waals surface area (Å²) in [6, 6.07) is 7.87. The lowest BCUT2D eigenvalue weighted by molar-refractivity contribution is -0.145. The largest absolute Gasteiger partial charge is 0.455 e. The topological polar surface area (TPSA) is 55.4 Å². The van der Waals surface area contributed by atoms with Crippen molar-refractivity contribution in [3.63, 3.8) is 0 Å². The minimum Gasteiger partial charge on any atom is -0.455 e. The maximum absolute atomic E-state index is 11.3. The third kappa shape index (κ3) is 5.40. The van der Waals surface area contributed by atoms with Crippen LogP contribution in [0.1, 0.15) is 5.56 Å². The first kappa shape index (κ1) is 13.6. The molecule has 1 aromatic rings. The highest BCUT2D eigenvalue weighted by Gasteiger charge is 2.06. The second-order valence-corrected chi connectivity index (χ2v) is 4.48.